The number of hydrogen-bond acceptors (Lipinski definition) is 2. The average molecular weight is 239 g/mol. The SMILES string of the molecule is COc1cccc([B-](F)(F)F)c1C#N.[K+]. The van der Waals surface area contributed by atoms with Gasteiger partial charge in [0.15, 0.2) is 0 Å². The Morgan fingerprint density at radius 2 is 1.93 bits per heavy atom. The van der Waals surface area contributed by atoms with Gasteiger partial charge in [-0.15, -0.1) is 0 Å². The fourth-order valence-corrected chi connectivity index (χ4v) is 1.11. The van der Waals surface area contributed by atoms with Crippen molar-refractivity contribution in [1.29, 1.82) is 5.26 Å². The molecular formula is C8H6BF3KNO. The third-order valence-corrected chi connectivity index (χ3v) is 1.74. The fraction of sp³-hybridized carbons (Fsp3) is 0.125. The summed E-state index contributed by atoms with van der Waals surface area (Å²) in [5, 5.41) is 8.57. The molecular weight excluding hydrogens is 233 g/mol. The van der Waals surface area contributed by atoms with E-state index < -0.39 is 18.0 Å². The molecule has 0 aliphatic carbocycles. The second kappa shape index (κ2) is 5.92. The molecule has 1 aromatic carbocycles. The summed E-state index contributed by atoms with van der Waals surface area (Å²) in [6.45, 7) is -5.17. The standard InChI is InChI=1S/C8H6BF3NO.K/c1-14-8-4-2-3-7(6(8)5-13)9(10,11)12;/h2-4H,1H3;/q-1;+1. The van der Waals surface area contributed by atoms with Crippen molar-refractivity contribution in [3.8, 4) is 11.8 Å². The van der Waals surface area contributed by atoms with Gasteiger partial charge in [-0.25, -0.2) is 0 Å². The van der Waals surface area contributed by atoms with E-state index in [1.807, 2.05) is 0 Å². The topological polar surface area (TPSA) is 33.0 Å². The summed E-state index contributed by atoms with van der Waals surface area (Å²) in [6.07, 6.45) is 0. The van der Waals surface area contributed by atoms with E-state index in [4.69, 9.17) is 5.26 Å². The maximum atomic E-state index is 12.4. The molecule has 0 radical (unpaired) electrons. The van der Waals surface area contributed by atoms with E-state index in [0.29, 0.717) is 0 Å². The van der Waals surface area contributed by atoms with Crippen molar-refractivity contribution in [3.63, 3.8) is 0 Å². The molecule has 0 aliphatic rings. The van der Waals surface area contributed by atoms with Crippen molar-refractivity contribution in [2.45, 2.75) is 0 Å². The molecule has 7 heteroatoms. The molecule has 0 aromatic heterocycles. The zero-order valence-electron chi connectivity index (χ0n) is 8.30. The second-order valence-corrected chi connectivity index (χ2v) is 2.61. The van der Waals surface area contributed by atoms with Crippen LogP contribution in [0.3, 0.4) is 0 Å². The number of methoxy groups -OCH3 is 1. The average Bonchev–Trinajstić information content (AvgIpc) is 2.15. The minimum Gasteiger partial charge on any atom is -0.495 e. The number of halogens is 3. The van der Waals surface area contributed by atoms with Crippen LogP contribution in [-0.2, 0) is 0 Å². The molecule has 0 saturated heterocycles. The first kappa shape index (κ1) is 15.0. The number of benzene rings is 1. The first-order valence-corrected chi connectivity index (χ1v) is 3.77. The molecule has 0 amide bonds. The van der Waals surface area contributed by atoms with Crippen LogP contribution in [0.1, 0.15) is 5.56 Å². The monoisotopic (exact) mass is 239 g/mol. The van der Waals surface area contributed by atoms with Crippen LogP contribution >= 0.6 is 0 Å². The Labute approximate surface area is 128 Å². The smallest absolute Gasteiger partial charge is 0.495 e. The number of nitriles is 1. The minimum atomic E-state index is -5.17. The van der Waals surface area contributed by atoms with Crippen LogP contribution in [0.5, 0.6) is 5.75 Å². The van der Waals surface area contributed by atoms with Gasteiger partial charge in [0.2, 0.25) is 0 Å². The maximum Gasteiger partial charge on any atom is 1.00 e. The van der Waals surface area contributed by atoms with Crippen LogP contribution in [-0.4, -0.2) is 14.1 Å². The van der Waals surface area contributed by atoms with Gasteiger partial charge in [0.25, 0.3) is 0 Å². The van der Waals surface area contributed by atoms with Crippen molar-refractivity contribution in [1.82, 2.24) is 0 Å². The zero-order chi connectivity index (χ0) is 10.8. The largest absolute Gasteiger partial charge is 1.00 e. The fourth-order valence-electron chi connectivity index (χ4n) is 1.11. The van der Waals surface area contributed by atoms with Crippen LogP contribution in [0.4, 0.5) is 12.9 Å². The minimum absolute atomic E-state index is 0. The number of nitrogens with zero attached hydrogens (tertiary/aromatic N) is 1. The van der Waals surface area contributed by atoms with Crippen molar-refractivity contribution >= 4 is 12.4 Å². The second-order valence-electron chi connectivity index (χ2n) is 2.61. The van der Waals surface area contributed by atoms with Crippen molar-refractivity contribution in [3.05, 3.63) is 23.8 Å². The normalized spacial score (nSPS) is 10.1. The summed E-state index contributed by atoms with van der Waals surface area (Å²) in [7, 11) is 1.23. The van der Waals surface area contributed by atoms with E-state index >= 15 is 0 Å². The van der Waals surface area contributed by atoms with Gasteiger partial charge in [0, 0.05) is 0 Å². The molecule has 0 fully saturated rings. The van der Waals surface area contributed by atoms with E-state index in [2.05, 4.69) is 4.74 Å². The molecule has 0 spiro atoms. The van der Waals surface area contributed by atoms with Gasteiger partial charge >= 0.3 is 58.4 Å². The molecule has 0 aliphatic heterocycles. The molecule has 74 valence electrons. The summed E-state index contributed by atoms with van der Waals surface area (Å²) in [5.74, 6) is -0.0517. The quantitative estimate of drug-likeness (QED) is 0.596. The molecule has 1 aromatic rings. The molecule has 15 heavy (non-hydrogen) atoms. The van der Waals surface area contributed by atoms with Crippen LogP contribution in [0.2, 0.25) is 0 Å². The molecule has 0 atom stereocenters. The molecule has 0 unspecified atom stereocenters. The summed E-state index contributed by atoms with van der Waals surface area (Å²) in [4.78, 5) is 0. The van der Waals surface area contributed by atoms with Gasteiger partial charge < -0.3 is 17.7 Å². The third-order valence-electron chi connectivity index (χ3n) is 1.74. The Morgan fingerprint density at radius 3 is 2.33 bits per heavy atom. The number of rotatable bonds is 2. The first-order valence-electron chi connectivity index (χ1n) is 3.77. The van der Waals surface area contributed by atoms with Gasteiger partial charge in [-0.3, -0.25) is 0 Å². The first-order chi connectivity index (χ1) is 6.50. The van der Waals surface area contributed by atoms with Crippen LogP contribution < -0.4 is 61.6 Å². The summed E-state index contributed by atoms with van der Waals surface area (Å²) in [5.41, 5.74) is -1.37. The Kier molecular flexibility index (Phi) is 5.92. The van der Waals surface area contributed by atoms with Gasteiger partial charge in [0.05, 0.1) is 18.7 Å². The Balaban J connectivity index is 0.00000196. The van der Waals surface area contributed by atoms with E-state index in [9.17, 15) is 12.9 Å². The summed E-state index contributed by atoms with van der Waals surface area (Å²) >= 11 is 0. The van der Waals surface area contributed by atoms with Crippen LogP contribution in [0.15, 0.2) is 18.2 Å². The molecule has 2 nitrogen and oxygen atoms in total. The summed E-state index contributed by atoms with van der Waals surface area (Å²) < 4.78 is 41.9. The molecule has 0 N–H and O–H groups in total. The van der Waals surface area contributed by atoms with Gasteiger partial charge in [-0.1, -0.05) is 17.6 Å². The molecule has 0 bridgehead atoms. The number of ether oxygens (including phenoxy) is 1. The predicted molar refractivity (Wildman–Crippen MR) is 46.4 cm³/mol. The van der Waals surface area contributed by atoms with Gasteiger partial charge in [-0.05, 0) is 6.07 Å². The predicted octanol–water partition coefficient (Wildman–Crippen LogP) is -1.37. The van der Waals surface area contributed by atoms with Crippen molar-refractivity contribution < 1.29 is 69.1 Å². The van der Waals surface area contributed by atoms with Crippen LogP contribution in [0, 0.1) is 11.3 Å². The molecule has 0 heterocycles. The maximum absolute atomic E-state index is 12.4. The Bertz CT molecular complexity index is 388. The van der Waals surface area contributed by atoms with Crippen molar-refractivity contribution in [2.75, 3.05) is 7.11 Å². The third kappa shape index (κ3) is 3.50. The Hall–Kier alpha value is 0.00130. The summed E-state index contributed by atoms with van der Waals surface area (Å²) in [6, 6.07) is 4.90. The van der Waals surface area contributed by atoms with Crippen LogP contribution in [0.25, 0.3) is 0 Å². The van der Waals surface area contributed by atoms with Gasteiger partial charge in [-0.2, -0.15) is 5.26 Å². The van der Waals surface area contributed by atoms with Crippen molar-refractivity contribution in [2.24, 2.45) is 0 Å². The number of hydrogen-bond donors (Lipinski definition) is 0. The molecule has 1 rings (SSSR count). The van der Waals surface area contributed by atoms with E-state index in [0.717, 1.165) is 6.07 Å². The van der Waals surface area contributed by atoms with E-state index in [1.54, 1.807) is 0 Å². The Morgan fingerprint density at radius 1 is 1.33 bits per heavy atom. The van der Waals surface area contributed by atoms with E-state index in [-0.39, 0.29) is 57.1 Å². The zero-order valence-corrected chi connectivity index (χ0v) is 11.4. The van der Waals surface area contributed by atoms with E-state index in [1.165, 1.54) is 25.3 Å². The molecule has 0 saturated carbocycles. The van der Waals surface area contributed by atoms with Gasteiger partial charge in [0.1, 0.15) is 5.75 Å².